The summed E-state index contributed by atoms with van der Waals surface area (Å²) in [5.74, 6) is -0.423. The predicted molar refractivity (Wildman–Crippen MR) is 87.1 cm³/mol. The van der Waals surface area contributed by atoms with Crippen LogP contribution in [-0.2, 0) is 13.1 Å². The standard InChI is InChI=1S/C19H20F2N2/c1-14-15(2)23(12-17-5-9-19(21)10-6-17)13-22(14)11-16-3-7-18(20)8-4-16/h3-10H,11-13H2,1-2H3. The second kappa shape index (κ2) is 6.41. The minimum Gasteiger partial charge on any atom is -0.352 e. The average Bonchev–Trinajstić information content (AvgIpc) is 2.80. The van der Waals surface area contributed by atoms with Crippen LogP contribution in [0, 0.1) is 11.6 Å². The Kier molecular flexibility index (Phi) is 4.33. The molecule has 2 nitrogen and oxygen atoms in total. The molecule has 23 heavy (non-hydrogen) atoms. The van der Waals surface area contributed by atoms with Gasteiger partial charge in [-0.15, -0.1) is 0 Å². The van der Waals surface area contributed by atoms with Gasteiger partial charge >= 0.3 is 0 Å². The molecule has 0 unspecified atom stereocenters. The number of halogens is 2. The first-order valence-electron chi connectivity index (χ1n) is 7.69. The smallest absolute Gasteiger partial charge is 0.123 e. The van der Waals surface area contributed by atoms with Gasteiger partial charge in [0.15, 0.2) is 0 Å². The molecule has 0 N–H and O–H groups in total. The zero-order valence-electron chi connectivity index (χ0n) is 13.4. The topological polar surface area (TPSA) is 6.48 Å². The first-order valence-corrected chi connectivity index (χ1v) is 7.69. The highest BCUT2D eigenvalue weighted by atomic mass is 19.1. The lowest BCUT2D eigenvalue weighted by Crippen LogP contribution is -2.26. The number of hydrogen-bond acceptors (Lipinski definition) is 2. The van der Waals surface area contributed by atoms with E-state index in [-0.39, 0.29) is 11.6 Å². The van der Waals surface area contributed by atoms with E-state index in [9.17, 15) is 8.78 Å². The van der Waals surface area contributed by atoms with Crippen molar-refractivity contribution in [3.8, 4) is 0 Å². The van der Waals surface area contributed by atoms with Gasteiger partial charge in [0.1, 0.15) is 11.6 Å². The summed E-state index contributed by atoms with van der Waals surface area (Å²) in [7, 11) is 0. The van der Waals surface area contributed by atoms with Crippen LogP contribution < -0.4 is 0 Å². The summed E-state index contributed by atoms with van der Waals surface area (Å²) in [4.78, 5) is 4.54. The second-order valence-electron chi connectivity index (χ2n) is 5.96. The molecule has 1 heterocycles. The van der Waals surface area contributed by atoms with E-state index in [0.717, 1.165) is 30.9 Å². The molecule has 0 atom stereocenters. The summed E-state index contributed by atoms with van der Waals surface area (Å²) in [6.07, 6.45) is 0. The van der Waals surface area contributed by atoms with E-state index in [1.54, 1.807) is 0 Å². The molecule has 0 spiro atoms. The number of rotatable bonds is 4. The molecular formula is C19H20F2N2. The van der Waals surface area contributed by atoms with E-state index in [2.05, 4.69) is 23.6 Å². The van der Waals surface area contributed by atoms with Crippen LogP contribution in [0.15, 0.2) is 59.9 Å². The van der Waals surface area contributed by atoms with Gasteiger partial charge in [0.25, 0.3) is 0 Å². The van der Waals surface area contributed by atoms with Crippen molar-refractivity contribution in [1.82, 2.24) is 9.80 Å². The van der Waals surface area contributed by atoms with Crippen molar-refractivity contribution in [2.24, 2.45) is 0 Å². The molecular weight excluding hydrogens is 294 g/mol. The minimum atomic E-state index is -0.212. The third kappa shape index (κ3) is 3.52. The summed E-state index contributed by atoms with van der Waals surface area (Å²) < 4.78 is 26.0. The Bertz CT molecular complexity index is 644. The second-order valence-corrected chi connectivity index (χ2v) is 5.96. The molecule has 1 aliphatic rings. The summed E-state index contributed by atoms with van der Waals surface area (Å²) >= 11 is 0. The van der Waals surface area contributed by atoms with Gasteiger partial charge in [-0.25, -0.2) is 8.78 Å². The van der Waals surface area contributed by atoms with E-state index in [4.69, 9.17) is 0 Å². The van der Waals surface area contributed by atoms with Gasteiger partial charge in [-0.1, -0.05) is 24.3 Å². The first-order chi connectivity index (χ1) is 11.0. The quantitative estimate of drug-likeness (QED) is 0.820. The molecule has 0 aliphatic carbocycles. The highest BCUT2D eigenvalue weighted by molar-refractivity contribution is 5.22. The van der Waals surface area contributed by atoms with Crippen LogP contribution in [-0.4, -0.2) is 16.5 Å². The number of nitrogens with zero attached hydrogens (tertiary/aromatic N) is 2. The molecule has 0 saturated carbocycles. The number of hydrogen-bond donors (Lipinski definition) is 0. The third-order valence-electron chi connectivity index (χ3n) is 4.39. The van der Waals surface area contributed by atoms with E-state index in [1.807, 2.05) is 24.3 Å². The van der Waals surface area contributed by atoms with Crippen LogP contribution in [0.4, 0.5) is 8.78 Å². The van der Waals surface area contributed by atoms with Crippen molar-refractivity contribution in [1.29, 1.82) is 0 Å². The molecule has 2 aromatic rings. The van der Waals surface area contributed by atoms with Crippen molar-refractivity contribution in [3.63, 3.8) is 0 Å². The molecule has 0 amide bonds. The highest BCUT2D eigenvalue weighted by Crippen LogP contribution is 2.26. The Morgan fingerprint density at radius 1 is 0.696 bits per heavy atom. The highest BCUT2D eigenvalue weighted by Gasteiger charge is 2.23. The van der Waals surface area contributed by atoms with Crippen LogP contribution in [0.5, 0.6) is 0 Å². The van der Waals surface area contributed by atoms with Crippen LogP contribution in [0.1, 0.15) is 25.0 Å². The molecule has 4 heteroatoms. The summed E-state index contributed by atoms with van der Waals surface area (Å²) in [6, 6.07) is 13.3. The third-order valence-corrected chi connectivity index (χ3v) is 4.39. The van der Waals surface area contributed by atoms with E-state index < -0.39 is 0 Å². The monoisotopic (exact) mass is 314 g/mol. The molecule has 3 rings (SSSR count). The zero-order chi connectivity index (χ0) is 16.4. The van der Waals surface area contributed by atoms with Crippen LogP contribution in [0.3, 0.4) is 0 Å². The molecule has 1 aliphatic heterocycles. The summed E-state index contributed by atoms with van der Waals surface area (Å²) in [5.41, 5.74) is 4.61. The predicted octanol–water partition coefficient (Wildman–Crippen LogP) is 4.49. The SMILES string of the molecule is CC1=C(C)N(Cc2ccc(F)cc2)CN1Cc1ccc(F)cc1. The fourth-order valence-corrected chi connectivity index (χ4v) is 2.83. The van der Waals surface area contributed by atoms with Gasteiger partial charge < -0.3 is 9.80 Å². The van der Waals surface area contributed by atoms with Gasteiger partial charge in [0.2, 0.25) is 0 Å². The molecule has 0 bridgehead atoms. The van der Waals surface area contributed by atoms with Crippen LogP contribution in [0.2, 0.25) is 0 Å². The van der Waals surface area contributed by atoms with Crippen molar-refractivity contribution < 1.29 is 8.78 Å². The van der Waals surface area contributed by atoms with Crippen molar-refractivity contribution in [2.75, 3.05) is 6.67 Å². The zero-order valence-corrected chi connectivity index (χ0v) is 13.4. The van der Waals surface area contributed by atoms with E-state index in [0.29, 0.717) is 0 Å². The van der Waals surface area contributed by atoms with Crippen LogP contribution in [0.25, 0.3) is 0 Å². The lowest BCUT2D eigenvalue weighted by atomic mass is 10.2. The lowest BCUT2D eigenvalue weighted by Gasteiger charge is -2.24. The van der Waals surface area contributed by atoms with Gasteiger partial charge in [0, 0.05) is 24.5 Å². The maximum absolute atomic E-state index is 13.0. The Labute approximate surface area is 135 Å². The average molecular weight is 314 g/mol. The van der Waals surface area contributed by atoms with Gasteiger partial charge in [-0.3, -0.25) is 0 Å². The van der Waals surface area contributed by atoms with Gasteiger partial charge in [-0.05, 0) is 49.2 Å². The van der Waals surface area contributed by atoms with Crippen molar-refractivity contribution in [3.05, 3.63) is 82.7 Å². The van der Waals surface area contributed by atoms with Gasteiger partial charge in [-0.2, -0.15) is 0 Å². The van der Waals surface area contributed by atoms with E-state index >= 15 is 0 Å². The molecule has 0 radical (unpaired) electrons. The van der Waals surface area contributed by atoms with Crippen molar-refractivity contribution >= 4 is 0 Å². The van der Waals surface area contributed by atoms with Crippen molar-refractivity contribution in [2.45, 2.75) is 26.9 Å². The minimum absolute atomic E-state index is 0.212. The van der Waals surface area contributed by atoms with Crippen LogP contribution >= 0.6 is 0 Å². The van der Waals surface area contributed by atoms with E-state index in [1.165, 1.54) is 35.7 Å². The lowest BCUT2D eigenvalue weighted by molar-refractivity contribution is 0.236. The fraction of sp³-hybridized carbons (Fsp3) is 0.263. The summed E-state index contributed by atoms with van der Waals surface area (Å²) in [5, 5.41) is 0. The number of benzene rings is 2. The normalized spacial score (nSPS) is 14.8. The molecule has 0 fully saturated rings. The maximum atomic E-state index is 13.0. The first kappa shape index (κ1) is 15.5. The molecule has 120 valence electrons. The number of allylic oxidation sites excluding steroid dienone is 2. The maximum Gasteiger partial charge on any atom is 0.123 e. The Morgan fingerprint density at radius 2 is 1.04 bits per heavy atom. The Balaban J connectivity index is 1.69. The molecule has 0 saturated heterocycles. The Hall–Kier alpha value is -2.36. The largest absolute Gasteiger partial charge is 0.352 e. The fourth-order valence-electron chi connectivity index (χ4n) is 2.83. The Morgan fingerprint density at radius 3 is 1.39 bits per heavy atom. The molecule has 0 aromatic heterocycles. The van der Waals surface area contributed by atoms with Gasteiger partial charge in [0.05, 0.1) is 6.67 Å². The summed E-state index contributed by atoms with van der Waals surface area (Å²) in [6.45, 7) is 6.49. The molecule has 2 aromatic carbocycles.